The molecule has 3 nitrogen and oxygen atoms in total. The Labute approximate surface area is 95.9 Å². The van der Waals surface area contributed by atoms with Gasteiger partial charge in [-0.15, -0.1) is 0 Å². The highest BCUT2D eigenvalue weighted by Gasteiger charge is 2.06. The van der Waals surface area contributed by atoms with Crippen LogP contribution in [0, 0.1) is 0 Å². The normalized spacial score (nSPS) is 9.81. The van der Waals surface area contributed by atoms with Gasteiger partial charge in [0.15, 0.2) is 5.78 Å². The van der Waals surface area contributed by atoms with Crippen LogP contribution in [-0.2, 0) is 4.79 Å². The van der Waals surface area contributed by atoms with Crippen molar-refractivity contribution in [2.75, 3.05) is 6.54 Å². The lowest BCUT2D eigenvalue weighted by Crippen LogP contribution is -2.22. The van der Waals surface area contributed by atoms with E-state index in [1.807, 2.05) is 25.1 Å². The molecule has 1 rings (SSSR count). The largest absolute Gasteiger partial charge is 0.356 e. The SMILES string of the molecule is CCNC(=O)CCCC(=O)c1ccccc1. The van der Waals surface area contributed by atoms with E-state index in [0.717, 1.165) is 5.56 Å². The van der Waals surface area contributed by atoms with Gasteiger partial charge in [0, 0.05) is 24.9 Å². The van der Waals surface area contributed by atoms with Crippen molar-refractivity contribution >= 4 is 11.7 Å². The summed E-state index contributed by atoms with van der Waals surface area (Å²) in [6.07, 6.45) is 1.47. The fraction of sp³-hybridized carbons (Fsp3) is 0.385. The van der Waals surface area contributed by atoms with Crippen LogP contribution in [0.1, 0.15) is 36.5 Å². The third kappa shape index (κ3) is 4.26. The van der Waals surface area contributed by atoms with Gasteiger partial charge in [-0.25, -0.2) is 0 Å². The van der Waals surface area contributed by atoms with Gasteiger partial charge in [-0.1, -0.05) is 30.3 Å². The Morgan fingerprint density at radius 1 is 1.12 bits per heavy atom. The minimum absolute atomic E-state index is 0.0170. The molecule has 0 aliphatic rings. The van der Waals surface area contributed by atoms with E-state index >= 15 is 0 Å². The summed E-state index contributed by atoms with van der Waals surface area (Å²) in [5.41, 5.74) is 0.721. The zero-order valence-corrected chi connectivity index (χ0v) is 9.53. The molecule has 0 aliphatic heterocycles. The highest BCUT2D eigenvalue weighted by atomic mass is 16.1. The zero-order chi connectivity index (χ0) is 11.8. The smallest absolute Gasteiger partial charge is 0.219 e. The molecule has 0 radical (unpaired) electrons. The number of rotatable bonds is 6. The zero-order valence-electron chi connectivity index (χ0n) is 9.53. The first-order valence-corrected chi connectivity index (χ1v) is 5.59. The van der Waals surface area contributed by atoms with E-state index in [9.17, 15) is 9.59 Å². The molecule has 0 bridgehead atoms. The van der Waals surface area contributed by atoms with Gasteiger partial charge in [-0.2, -0.15) is 0 Å². The van der Waals surface area contributed by atoms with Gasteiger partial charge in [0.2, 0.25) is 5.91 Å². The molecule has 86 valence electrons. The Morgan fingerprint density at radius 3 is 2.44 bits per heavy atom. The highest BCUT2D eigenvalue weighted by molar-refractivity contribution is 5.96. The minimum Gasteiger partial charge on any atom is -0.356 e. The molecule has 0 atom stereocenters. The Balaban J connectivity index is 2.29. The van der Waals surface area contributed by atoms with Crippen molar-refractivity contribution in [1.29, 1.82) is 0 Å². The van der Waals surface area contributed by atoms with Crippen molar-refractivity contribution in [2.45, 2.75) is 26.2 Å². The molecule has 1 N–H and O–H groups in total. The molecule has 3 heteroatoms. The molecule has 0 spiro atoms. The number of amides is 1. The van der Waals surface area contributed by atoms with Crippen molar-refractivity contribution in [3.8, 4) is 0 Å². The molecule has 16 heavy (non-hydrogen) atoms. The summed E-state index contributed by atoms with van der Waals surface area (Å²) in [4.78, 5) is 22.8. The second-order valence-electron chi connectivity index (χ2n) is 3.60. The van der Waals surface area contributed by atoms with Gasteiger partial charge in [-0.3, -0.25) is 9.59 Å². The van der Waals surface area contributed by atoms with E-state index in [0.29, 0.717) is 25.8 Å². The lowest BCUT2D eigenvalue weighted by Gasteiger charge is -2.02. The third-order valence-electron chi connectivity index (χ3n) is 2.28. The van der Waals surface area contributed by atoms with Gasteiger partial charge >= 0.3 is 0 Å². The van der Waals surface area contributed by atoms with Crippen LogP contribution < -0.4 is 5.32 Å². The molecule has 0 aliphatic carbocycles. The lowest BCUT2D eigenvalue weighted by atomic mass is 10.1. The van der Waals surface area contributed by atoms with Crippen molar-refractivity contribution < 1.29 is 9.59 Å². The predicted octanol–water partition coefficient (Wildman–Crippen LogP) is 2.18. The average Bonchev–Trinajstić information content (AvgIpc) is 2.30. The third-order valence-corrected chi connectivity index (χ3v) is 2.28. The number of carbonyl (C=O) groups is 2. The fourth-order valence-corrected chi connectivity index (χ4v) is 1.46. The standard InChI is InChI=1S/C13H17NO2/c1-2-14-13(16)10-6-9-12(15)11-7-4-3-5-8-11/h3-5,7-8H,2,6,9-10H2,1H3,(H,14,16). The van der Waals surface area contributed by atoms with E-state index in [-0.39, 0.29) is 11.7 Å². The van der Waals surface area contributed by atoms with Crippen LogP contribution >= 0.6 is 0 Å². The van der Waals surface area contributed by atoms with Crippen molar-refractivity contribution in [3.05, 3.63) is 35.9 Å². The van der Waals surface area contributed by atoms with E-state index in [1.165, 1.54) is 0 Å². The number of carbonyl (C=O) groups excluding carboxylic acids is 2. The summed E-state index contributed by atoms with van der Waals surface area (Å²) in [7, 11) is 0. The van der Waals surface area contributed by atoms with Crippen LogP contribution in [-0.4, -0.2) is 18.2 Å². The number of benzene rings is 1. The second-order valence-corrected chi connectivity index (χ2v) is 3.60. The van der Waals surface area contributed by atoms with E-state index in [1.54, 1.807) is 12.1 Å². The predicted molar refractivity (Wildman–Crippen MR) is 63.3 cm³/mol. The molecule has 0 fully saturated rings. The topological polar surface area (TPSA) is 46.2 Å². The van der Waals surface area contributed by atoms with Crippen LogP contribution in [0.15, 0.2) is 30.3 Å². The highest BCUT2D eigenvalue weighted by Crippen LogP contribution is 2.06. The second kappa shape index (κ2) is 6.77. The van der Waals surface area contributed by atoms with E-state index in [2.05, 4.69) is 5.32 Å². The summed E-state index contributed by atoms with van der Waals surface area (Å²) < 4.78 is 0. The van der Waals surface area contributed by atoms with Gasteiger partial charge in [0.05, 0.1) is 0 Å². The number of hydrogen-bond donors (Lipinski definition) is 1. The average molecular weight is 219 g/mol. The van der Waals surface area contributed by atoms with Crippen LogP contribution in [0.5, 0.6) is 0 Å². The maximum Gasteiger partial charge on any atom is 0.219 e. The first-order valence-electron chi connectivity index (χ1n) is 5.59. The molecular formula is C13H17NO2. The Morgan fingerprint density at radius 2 is 1.81 bits per heavy atom. The molecule has 0 heterocycles. The molecule has 1 amide bonds. The Kier molecular flexibility index (Phi) is 5.26. The monoisotopic (exact) mass is 219 g/mol. The van der Waals surface area contributed by atoms with Crippen molar-refractivity contribution in [3.63, 3.8) is 0 Å². The van der Waals surface area contributed by atoms with Gasteiger partial charge in [0.25, 0.3) is 0 Å². The number of ketones is 1. The first-order chi connectivity index (χ1) is 7.74. The Hall–Kier alpha value is -1.64. The van der Waals surface area contributed by atoms with Gasteiger partial charge in [-0.05, 0) is 13.3 Å². The van der Waals surface area contributed by atoms with E-state index < -0.39 is 0 Å². The summed E-state index contributed by atoms with van der Waals surface area (Å²) in [6.45, 7) is 2.53. The lowest BCUT2D eigenvalue weighted by molar-refractivity contribution is -0.121. The molecular weight excluding hydrogens is 202 g/mol. The minimum atomic E-state index is 0.0170. The first kappa shape index (κ1) is 12.4. The van der Waals surface area contributed by atoms with Gasteiger partial charge < -0.3 is 5.32 Å². The van der Waals surface area contributed by atoms with Gasteiger partial charge in [0.1, 0.15) is 0 Å². The molecule has 0 saturated heterocycles. The fourth-order valence-electron chi connectivity index (χ4n) is 1.46. The molecule has 1 aromatic rings. The Bertz CT molecular complexity index is 346. The number of Topliss-reactive ketones (excluding diaryl/α,β-unsaturated/α-hetero) is 1. The molecule has 0 unspecified atom stereocenters. The van der Waals surface area contributed by atoms with E-state index in [4.69, 9.17) is 0 Å². The van der Waals surface area contributed by atoms with Crippen molar-refractivity contribution in [2.24, 2.45) is 0 Å². The van der Waals surface area contributed by atoms with Crippen LogP contribution in [0.2, 0.25) is 0 Å². The summed E-state index contributed by atoms with van der Waals surface area (Å²) >= 11 is 0. The quantitative estimate of drug-likeness (QED) is 0.745. The maximum absolute atomic E-state index is 11.7. The number of hydrogen-bond acceptors (Lipinski definition) is 2. The summed E-state index contributed by atoms with van der Waals surface area (Å²) in [5, 5.41) is 2.71. The van der Waals surface area contributed by atoms with Crippen LogP contribution in [0.3, 0.4) is 0 Å². The summed E-state index contributed by atoms with van der Waals surface area (Å²) in [5.74, 6) is 0.119. The molecule has 0 saturated carbocycles. The van der Waals surface area contributed by atoms with Crippen LogP contribution in [0.4, 0.5) is 0 Å². The number of nitrogens with one attached hydrogen (secondary N) is 1. The molecule has 0 aromatic heterocycles. The molecule has 1 aromatic carbocycles. The maximum atomic E-state index is 11.7. The van der Waals surface area contributed by atoms with Crippen molar-refractivity contribution in [1.82, 2.24) is 5.32 Å². The summed E-state index contributed by atoms with van der Waals surface area (Å²) in [6, 6.07) is 9.17. The van der Waals surface area contributed by atoms with Crippen LogP contribution in [0.25, 0.3) is 0 Å².